The SMILES string of the molecule is CC(CN)C(=O)NC(COc1ccccc1F)c1ccccc1.Cl. The molecule has 130 valence electrons. The Morgan fingerprint density at radius 1 is 1.17 bits per heavy atom. The Hall–Kier alpha value is -2.11. The third-order valence-corrected chi connectivity index (χ3v) is 3.56. The van der Waals surface area contributed by atoms with E-state index in [0.29, 0.717) is 0 Å². The van der Waals surface area contributed by atoms with Gasteiger partial charge in [0.25, 0.3) is 0 Å². The number of halogens is 2. The zero-order valence-corrected chi connectivity index (χ0v) is 14.3. The first kappa shape index (κ1) is 19.9. The van der Waals surface area contributed by atoms with Gasteiger partial charge < -0.3 is 15.8 Å². The van der Waals surface area contributed by atoms with Crippen LogP contribution in [0.15, 0.2) is 54.6 Å². The summed E-state index contributed by atoms with van der Waals surface area (Å²) in [6.45, 7) is 2.16. The van der Waals surface area contributed by atoms with Crippen molar-refractivity contribution >= 4 is 18.3 Å². The van der Waals surface area contributed by atoms with Gasteiger partial charge in [0.05, 0.1) is 6.04 Å². The van der Waals surface area contributed by atoms with E-state index in [4.69, 9.17) is 10.5 Å². The van der Waals surface area contributed by atoms with Gasteiger partial charge in [-0.2, -0.15) is 0 Å². The average molecular weight is 353 g/mol. The fourth-order valence-electron chi connectivity index (χ4n) is 2.06. The number of hydrogen-bond donors (Lipinski definition) is 2. The number of ether oxygens (including phenoxy) is 1. The molecule has 0 radical (unpaired) electrons. The highest BCUT2D eigenvalue weighted by Gasteiger charge is 2.19. The summed E-state index contributed by atoms with van der Waals surface area (Å²) in [6.07, 6.45) is 0. The average Bonchev–Trinajstić information content (AvgIpc) is 2.59. The Bertz CT molecular complexity index is 640. The molecule has 0 heterocycles. The van der Waals surface area contributed by atoms with Gasteiger partial charge in [0.1, 0.15) is 6.61 Å². The van der Waals surface area contributed by atoms with Crippen LogP contribution in [0.1, 0.15) is 18.5 Å². The van der Waals surface area contributed by atoms with Crippen LogP contribution >= 0.6 is 12.4 Å². The Morgan fingerprint density at radius 2 is 1.79 bits per heavy atom. The summed E-state index contributed by atoms with van der Waals surface area (Å²) >= 11 is 0. The molecule has 24 heavy (non-hydrogen) atoms. The van der Waals surface area contributed by atoms with Crippen molar-refractivity contribution in [3.05, 3.63) is 66.0 Å². The molecule has 2 atom stereocenters. The number of carbonyl (C=O) groups is 1. The van der Waals surface area contributed by atoms with Gasteiger partial charge in [0.2, 0.25) is 5.91 Å². The fraction of sp³-hybridized carbons (Fsp3) is 0.278. The number of benzene rings is 2. The monoisotopic (exact) mass is 352 g/mol. The van der Waals surface area contributed by atoms with E-state index in [-0.39, 0.29) is 49.2 Å². The molecule has 6 heteroatoms. The zero-order chi connectivity index (χ0) is 16.7. The molecule has 0 bridgehead atoms. The second-order valence-corrected chi connectivity index (χ2v) is 5.35. The number of amides is 1. The molecule has 0 saturated carbocycles. The molecule has 0 aliphatic carbocycles. The van der Waals surface area contributed by atoms with Crippen molar-refractivity contribution in [3.63, 3.8) is 0 Å². The van der Waals surface area contributed by atoms with Crippen molar-refractivity contribution in [2.75, 3.05) is 13.2 Å². The molecule has 0 aliphatic rings. The van der Waals surface area contributed by atoms with Gasteiger partial charge in [0.15, 0.2) is 11.6 Å². The normalized spacial score (nSPS) is 12.6. The maximum absolute atomic E-state index is 13.7. The second-order valence-electron chi connectivity index (χ2n) is 5.35. The standard InChI is InChI=1S/C18H21FN2O2.ClH/c1-13(11-20)18(22)21-16(14-7-3-2-4-8-14)12-23-17-10-6-5-9-15(17)19;/h2-10,13,16H,11-12,20H2,1H3,(H,21,22);1H. The molecule has 1 amide bonds. The van der Waals surface area contributed by atoms with Gasteiger partial charge in [0, 0.05) is 12.5 Å². The van der Waals surface area contributed by atoms with Crippen LogP contribution in [0.3, 0.4) is 0 Å². The lowest BCUT2D eigenvalue weighted by Gasteiger charge is -2.21. The molecule has 3 N–H and O–H groups in total. The van der Waals surface area contributed by atoms with E-state index in [0.717, 1.165) is 5.56 Å². The van der Waals surface area contributed by atoms with Crippen molar-refractivity contribution in [1.82, 2.24) is 5.32 Å². The van der Waals surface area contributed by atoms with Crippen LogP contribution in [0, 0.1) is 11.7 Å². The van der Waals surface area contributed by atoms with E-state index in [2.05, 4.69) is 5.32 Å². The predicted molar refractivity (Wildman–Crippen MR) is 94.7 cm³/mol. The number of rotatable bonds is 7. The Morgan fingerprint density at radius 3 is 2.42 bits per heavy atom. The third-order valence-electron chi connectivity index (χ3n) is 3.56. The lowest BCUT2D eigenvalue weighted by molar-refractivity contribution is -0.125. The Labute approximate surface area is 147 Å². The summed E-state index contributed by atoms with van der Waals surface area (Å²) in [5.74, 6) is -0.719. The van der Waals surface area contributed by atoms with Crippen molar-refractivity contribution in [2.24, 2.45) is 11.7 Å². The lowest BCUT2D eigenvalue weighted by atomic mass is 10.1. The minimum absolute atomic E-state index is 0. The van der Waals surface area contributed by atoms with Crippen molar-refractivity contribution in [3.8, 4) is 5.75 Å². The van der Waals surface area contributed by atoms with Crippen LogP contribution in [0.25, 0.3) is 0 Å². The van der Waals surface area contributed by atoms with Crippen LogP contribution in [-0.2, 0) is 4.79 Å². The van der Waals surface area contributed by atoms with Gasteiger partial charge in [-0.1, -0.05) is 49.4 Å². The molecule has 2 aromatic carbocycles. The van der Waals surface area contributed by atoms with E-state index in [1.807, 2.05) is 30.3 Å². The first-order chi connectivity index (χ1) is 11.1. The van der Waals surface area contributed by atoms with Gasteiger partial charge in [-0.05, 0) is 17.7 Å². The number of hydrogen-bond acceptors (Lipinski definition) is 3. The molecule has 0 spiro atoms. The summed E-state index contributed by atoms with van der Waals surface area (Å²) in [5.41, 5.74) is 6.42. The van der Waals surface area contributed by atoms with Gasteiger partial charge in [-0.15, -0.1) is 12.4 Å². The van der Waals surface area contributed by atoms with Crippen molar-refractivity contribution in [1.29, 1.82) is 0 Å². The smallest absolute Gasteiger partial charge is 0.224 e. The quantitative estimate of drug-likeness (QED) is 0.804. The van der Waals surface area contributed by atoms with Crippen LogP contribution < -0.4 is 15.8 Å². The van der Waals surface area contributed by atoms with E-state index in [1.54, 1.807) is 25.1 Å². The summed E-state index contributed by atoms with van der Waals surface area (Å²) in [4.78, 5) is 12.1. The molecule has 0 fully saturated rings. The van der Waals surface area contributed by atoms with Crippen molar-refractivity contribution in [2.45, 2.75) is 13.0 Å². The molecule has 0 aromatic heterocycles. The number of nitrogens with one attached hydrogen (secondary N) is 1. The minimum atomic E-state index is -0.430. The maximum Gasteiger partial charge on any atom is 0.224 e. The summed E-state index contributed by atoms with van der Waals surface area (Å²) in [5, 5.41) is 2.91. The second kappa shape index (κ2) is 9.90. The molecule has 0 saturated heterocycles. The number of nitrogens with two attached hydrogens (primary N) is 1. The number of carbonyl (C=O) groups excluding carboxylic acids is 1. The van der Waals surface area contributed by atoms with E-state index in [9.17, 15) is 9.18 Å². The summed E-state index contributed by atoms with van der Waals surface area (Å²) in [7, 11) is 0. The Balaban J connectivity index is 0.00000288. The van der Waals surface area contributed by atoms with E-state index >= 15 is 0 Å². The first-order valence-corrected chi connectivity index (χ1v) is 7.54. The minimum Gasteiger partial charge on any atom is -0.488 e. The van der Waals surface area contributed by atoms with Crippen LogP contribution in [0.2, 0.25) is 0 Å². The highest BCUT2D eigenvalue weighted by molar-refractivity contribution is 5.85. The molecule has 4 nitrogen and oxygen atoms in total. The molecular formula is C18H22ClFN2O2. The van der Waals surface area contributed by atoms with Gasteiger partial charge >= 0.3 is 0 Å². The summed E-state index contributed by atoms with van der Waals surface area (Å²) in [6, 6.07) is 15.2. The predicted octanol–water partition coefficient (Wildman–Crippen LogP) is 3.08. The van der Waals surface area contributed by atoms with Crippen LogP contribution in [0.5, 0.6) is 5.75 Å². The largest absolute Gasteiger partial charge is 0.488 e. The molecule has 2 rings (SSSR count). The first-order valence-electron chi connectivity index (χ1n) is 7.54. The fourth-order valence-corrected chi connectivity index (χ4v) is 2.06. The molecule has 0 aliphatic heterocycles. The van der Waals surface area contributed by atoms with Gasteiger partial charge in [-0.25, -0.2) is 4.39 Å². The molecular weight excluding hydrogens is 331 g/mol. The van der Waals surface area contributed by atoms with E-state index in [1.165, 1.54) is 6.07 Å². The van der Waals surface area contributed by atoms with Gasteiger partial charge in [-0.3, -0.25) is 4.79 Å². The lowest BCUT2D eigenvalue weighted by Crippen LogP contribution is -2.38. The zero-order valence-electron chi connectivity index (χ0n) is 13.4. The third kappa shape index (κ3) is 5.51. The highest BCUT2D eigenvalue weighted by Crippen LogP contribution is 2.19. The maximum atomic E-state index is 13.7. The molecule has 2 aromatic rings. The van der Waals surface area contributed by atoms with Crippen LogP contribution in [0.4, 0.5) is 4.39 Å². The topological polar surface area (TPSA) is 64.4 Å². The number of para-hydroxylation sites is 1. The van der Waals surface area contributed by atoms with E-state index < -0.39 is 5.82 Å². The molecule has 2 unspecified atom stereocenters. The summed E-state index contributed by atoms with van der Waals surface area (Å²) < 4.78 is 19.2. The Kier molecular flexibility index (Phi) is 8.22. The highest BCUT2D eigenvalue weighted by atomic mass is 35.5. The van der Waals surface area contributed by atoms with Crippen LogP contribution in [-0.4, -0.2) is 19.1 Å². The van der Waals surface area contributed by atoms with Crippen molar-refractivity contribution < 1.29 is 13.9 Å².